The Labute approximate surface area is 151 Å². The molecule has 1 aromatic carbocycles. The van der Waals surface area contributed by atoms with Gasteiger partial charge in [-0.1, -0.05) is 0 Å². The predicted octanol–water partition coefficient (Wildman–Crippen LogP) is 0.781. The van der Waals surface area contributed by atoms with Crippen LogP contribution in [-0.4, -0.2) is 46.5 Å². The highest BCUT2D eigenvalue weighted by atomic mass is 16.2. The van der Waals surface area contributed by atoms with Crippen molar-refractivity contribution in [2.45, 2.75) is 26.3 Å². The molecular weight excluding hydrogens is 332 g/mol. The molecule has 7 nitrogen and oxygen atoms in total. The van der Waals surface area contributed by atoms with E-state index in [0.29, 0.717) is 34.8 Å². The van der Waals surface area contributed by atoms with E-state index in [-0.39, 0.29) is 11.5 Å². The Balaban J connectivity index is 1.63. The summed E-state index contributed by atoms with van der Waals surface area (Å²) in [5.41, 5.74) is 0.184. The van der Waals surface area contributed by atoms with Gasteiger partial charge in [-0.3, -0.25) is 14.2 Å². The first-order chi connectivity index (χ1) is 12.6. The molecular formula is C19H24N4O3. The van der Waals surface area contributed by atoms with Crippen LogP contribution in [0.5, 0.6) is 0 Å². The fourth-order valence-electron chi connectivity index (χ4n) is 4.28. The molecule has 2 atom stereocenters. The maximum absolute atomic E-state index is 12.9. The SMILES string of the molecule is CCn1c(=O)[nH]c2cc(C(=O)N3CC[C@@H]4CNC[C@@H]4CC3)ccc2c1=O. The number of benzene rings is 1. The second kappa shape index (κ2) is 6.72. The number of hydrogen-bond donors (Lipinski definition) is 2. The van der Waals surface area contributed by atoms with Crippen molar-refractivity contribution in [3.05, 3.63) is 44.6 Å². The van der Waals surface area contributed by atoms with E-state index < -0.39 is 5.69 Å². The molecule has 0 radical (unpaired) electrons. The van der Waals surface area contributed by atoms with Gasteiger partial charge >= 0.3 is 5.69 Å². The standard InChI is InChI=1S/C19H24N4O3/c1-2-23-18(25)15-4-3-12(9-16(15)21-19(23)26)17(24)22-7-5-13-10-20-11-14(13)6-8-22/h3-4,9,13-14,20H,2,5-8,10-11H2,1H3,(H,21,26)/t13-,14+. The molecule has 0 spiro atoms. The van der Waals surface area contributed by atoms with Crippen LogP contribution >= 0.6 is 0 Å². The first kappa shape index (κ1) is 17.0. The van der Waals surface area contributed by atoms with Crippen LogP contribution in [-0.2, 0) is 6.54 Å². The fraction of sp³-hybridized carbons (Fsp3) is 0.526. The normalized spacial score (nSPS) is 23.0. The van der Waals surface area contributed by atoms with Gasteiger partial charge in [-0.25, -0.2) is 4.79 Å². The second-order valence-corrected chi connectivity index (χ2v) is 7.29. The van der Waals surface area contributed by atoms with Crippen molar-refractivity contribution < 1.29 is 4.79 Å². The van der Waals surface area contributed by atoms with Crippen molar-refractivity contribution in [3.63, 3.8) is 0 Å². The number of carbonyl (C=O) groups is 1. The summed E-state index contributed by atoms with van der Waals surface area (Å²) in [6, 6.07) is 4.97. The molecule has 2 saturated heterocycles. The second-order valence-electron chi connectivity index (χ2n) is 7.29. The van der Waals surface area contributed by atoms with E-state index in [2.05, 4.69) is 10.3 Å². The van der Waals surface area contributed by atoms with Crippen molar-refractivity contribution in [2.24, 2.45) is 11.8 Å². The average molecular weight is 356 g/mol. The molecule has 2 N–H and O–H groups in total. The lowest BCUT2D eigenvalue weighted by molar-refractivity contribution is 0.0758. The van der Waals surface area contributed by atoms with Gasteiger partial charge < -0.3 is 15.2 Å². The third-order valence-electron chi connectivity index (χ3n) is 5.85. The minimum Gasteiger partial charge on any atom is -0.339 e. The number of carbonyl (C=O) groups excluding carboxylic acids is 1. The number of nitrogens with zero attached hydrogens (tertiary/aromatic N) is 2. The summed E-state index contributed by atoms with van der Waals surface area (Å²) in [7, 11) is 0. The number of fused-ring (bicyclic) bond motifs is 2. The van der Waals surface area contributed by atoms with E-state index in [4.69, 9.17) is 0 Å². The van der Waals surface area contributed by atoms with Crippen LogP contribution in [0.25, 0.3) is 10.9 Å². The van der Waals surface area contributed by atoms with Gasteiger partial charge in [0.2, 0.25) is 0 Å². The first-order valence-corrected chi connectivity index (χ1v) is 9.35. The molecule has 1 aromatic heterocycles. The van der Waals surface area contributed by atoms with Gasteiger partial charge in [0.15, 0.2) is 0 Å². The van der Waals surface area contributed by atoms with Crippen LogP contribution < -0.4 is 16.6 Å². The highest BCUT2D eigenvalue weighted by molar-refractivity contribution is 5.97. The van der Waals surface area contributed by atoms with Crippen LogP contribution in [0.15, 0.2) is 27.8 Å². The van der Waals surface area contributed by atoms with E-state index >= 15 is 0 Å². The van der Waals surface area contributed by atoms with Crippen LogP contribution in [0.1, 0.15) is 30.1 Å². The summed E-state index contributed by atoms with van der Waals surface area (Å²) in [6.45, 7) is 5.68. The number of rotatable bonds is 2. The largest absolute Gasteiger partial charge is 0.339 e. The van der Waals surface area contributed by atoms with Crippen molar-refractivity contribution >= 4 is 16.8 Å². The van der Waals surface area contributed by atoms with E-state index in [0.717, 1.165) is 43.6 Å². The summed E-state index contributed by atoms with van der Waals surface area (Å²) in [6.07, 6.45) is 2.05. The lowest BCUT2D eigenvalue weighted by atomic mass is 9.92. The molecule has 0 saturated carbocycles. The molecule has 1 amide bonds. The van der Waals surface area contributed by atoms with Gasteiger partial charge in [0.05, 0.1) is 10.9 Å². The van der Waals surface area contributed by atoms with Gasteiger partial charge in [-0.05, 0) is 62.9 Å². The molecule has 4 rings (SSSR count). The van der Waals surface area contributed by atoms with Crippen molar-refractivity contribution in [3.8, 4) is 0 Å². The molecule has 2 aliphatic heterocycles. The third-order valence-corrected chi connectivity index (χ3v) is 5.85. The monoisotopic (exact) mass is 356 g/mol. The molecule has 0 aliphatic carbocycles. The minimum absolute atomic E-state index is 0.0275. The zero-order chi connectivity index (χ0) is 18.3. The lowest BCUT2D eigenvalue weighted by Gasteiger charge is -2.21. The van der Waals surface area contributed by atoms with Crippen LogP contribution in [0.4, 0.5) is 0 Å². The zero-order valence-electron chi connectivity index (χ0n) is 15.0. The number of aromatic nitrogens is 2. The van der Waals surface area contributed by atoms with Gasteiger partial charge in [-0.2, -0.15) is 0 Å². The first-order valence-electron chi connectivity index (χ1n) is 9.35. The average Bonchev–Trinajstić information content (AvgIpc) is 2.99. The minimum atomic E-state index is -0.440. The lowest BCUT2D eigenvalue weighted by Crippen LogP contribution is -2.35. The molecule has 2 fully saturated rings. The Bertz CT molecular complexity index is 947. The summed E-state index contributed by atoms with van der Waals surface area (Å²) in [5, 5.41) is 3.87. The number of hydrogen-bond acceptors (Lipinski definition) is 4. The maximum atomic E-state index is 12.9. The number of likely N-dealkylation sites (tertiary alicyclic amines) is 1. The van der Waals surface area contributed by atoms with E-state index in [1.807, 2.05) is 4.90 Å². The number of H-pyrrole nitrogens is 1. The van der Waals surface area contributed by atoms with E-state index in [1.54, 1.807) is 25.1 Å². The quantitative estimate of drug-likeness (QED) is 0.833. The Morgan fingerprint density at radius 3 is 2.50 bits per heavy atom. The number of nitrogens with one attached hydrogen (secondary N) is 2. The Kier molecular flexibility index (Phi) is 4.40. The molecule has 138 valence electrons. The summed E-state index contributed by atoms with van der Waals surface area (Å²) in [4.78, 5) is 42.0. The fourth-order valence-corrected chi connectivity index (χ4v) is 4.28. The molecule has 0 bridgehead atoms. The van der Waals surface area contributed by atoms with Crippen LogP contribution in [0.3, 0.4) is 0 Å². The van der Waals surface area contributed by atoms with E-state index in [1.165, 1.54) is 0 Å². The van der Waals surface area contributed by atoms with Crippen molar-refractivity contribution in [2.75, 3.05) is 26.2 Å². The van der Waals surface area contributed by atoms with Gasteiger partial charge in [0.1, 0.15) is 0 Å². The Hall–Kier alpha value is -2.41. The van der Waals surface area contributed by atoms with Gasteiger partial charge in [-0.15, -0.1) is 0 Å². The van der Waals surface area contributed by atoms with Crippen LogP contribution in [0, 0.1) is 11.8 Å². The van der Waals surface area contributed by atoms with Crippen LogP contribution in [0.2, 0.25) is 0 Å². The summed E-state index contributed by atoms with van der Waals surface area (Å²) < 4.78 is 1.16. The highest BCUT2D eigenvalue weighted by Crippen LogP contribution is 2.27. The maximum Gasteiger partial charge on any atom is 0.328 e. The zero-order valence-corrected chi connectivity index (χ0v) is 15.0. The highest BCUT2D eigenvalue weighted by Gasteiger charge is 2.31. The Morgan fingerprint density at radius 2 is 1.85 bits per heavy atom. The number of aromatic amines is 1. The summed E-state index contributed by atoms with van der Waals surface area (Å²) >= 11 is 0. The Morgan fingerprint density at radius 1 is 1.15 bits per heavy atom. The molecule has 0 unspecified atom stereocenters. The van der Waals surface area contributed by atoms with Crippen molar-refractivity contribution in [1.82, 2.24) is 19.8 Å². The molecule has 26 heavy (non-hydrogen) atoms. The van der Waals surface area contributed by atoms with Gasteiger partial charge in [0, 0.05) is 25.2 Å². The third kappa shape index (κ3) is 2.86. The molecule has 2 aromatic rings. The van der Waals surface area contributed by atoms with E-state index in [9.17, 15) is 14.4 Å². The molecule has 7 heteroatoms. The molecule has 3 heterocycles. The summed E-state index contributed by atoms with van der Waals surface area (Å²) in [5.74, 6) is 1.29. The predicted molar refractivity (Wildman–Crippen MR) is 99.5 cm³/mol. The topological polar surface area (TPSA) is 87.2 Å². The van der Waals surface area contributed by atoms with Gasteiger partial charge in [0.25, 0.3) is 11.5 Å². The van der Waals surface area contributed by atoms with Crippen molar-refractivity contribution in [1.29, 1.82) is 0 Å². The number of amides is 1. The molecule has 2 aliphatic rings. The smallest absolute Gasteiger partial charge is 0.328 e.